The van der Waals surface area contributed by atoms with Crippen molar-refractivity contribution in [2.45, 2.75) is 25.4 Å². The number of carbonyl (C=O) groups is 1. The third kappa shape index (κ3) is 2.62. The molecule has 1 unspecified atom stereocenters. The van der Waals surface area contributed by atoms with E-state index in [9.17, 15) is 4.79 Å². The van der Waals surface area contributed by atoms with E-state index < -0.39 is 6.17 Å². The van der Waals surface area contributed by atoms with Gasteiger partial charge in [0.15, 0.2) is 5.78 Å². The normalized spacial score (nSPS) is 15.4. The van der Waals surface area contributed by atoms with Crippen LogP contribution in [0.5, 0.6) is 0 Å². The zero-order chi connectivity index (χ0) is 17.6. The van der Waals surface area contributed by atoms with Gasteiger partial charge in [-0.25, -0.2) is 0 Å². The Morgan fingerprint density at radius 3 is 2.76 bits per heavy atom. The van der Waals surface area contributed by atoms with Crippen LogP contribution < -0.4 is 11.2 Å². The predicted molar refractivity (Wildman–Crippen MR) is 100 cm³/mol. The van der Waals surface area contributed by atoms with Crippen molar-refractivity contribution in [3.8, 4) is 5.69 Å². The fourth-order valence-electron chi connectivity index (χ4n) is 3.63. The number of rotatable bonds is 3. The van der Waals surface area contributed by atoms with Gasteiger partial charge in [0.2, 0.25) is 0 Å². The molecular formula is C19H18BrN3O2. The van der Waals surface area contributed by atoms with Gasteiger partial charge in [0.1, 0.15) is 6.17 Å². The third-order valence-electron chi connectivity index (χ3n) is 4.78. The molecule has 1 aliphatic carbocycles. The van der Waals surface area contributed by atoms with Crippen molar-refractivity contribution in [3.05, 3.63) is 63.8 Å². The smallest absolute Gasteiger partial charge is 0.165 e. The van der Waals surface area contributed by atoms with E-state index in [0.717, 1.165) is 50.7 Å². The van der Waals surface area contributed by atoms with E-state index in [1.54, 1.807) is 0 Å². The lowest BCUT2D eigenvalue weighted by molar-refractivity contribution is 0.0973. The van der Waals surface area contributed by atoms with Crippen LogP contribution in [0, 0.1) is 0 Å². The highest BCUT2D eigenvalue weighted by Gasteiger charge is 2.26. The number of para-hydroxylation sites is 1. The monoisotopic (exact) mass is 399 g/mol. The minimum absolute atomic E-state index is 0.218. The van der Waals surface area contributed by atoms with Crippen molar-refractivity contribution in [1.82, 2.24) is 10.0 Å². The summed E-state index contributed by atoms with van der Waals surface area (Å²) in [5.41, 5.74) is 12.5. The van der Waals surface area contributed by atoms with Crippen LogP contribution in [0.3, 0.4) is 0 Å². The van der Waals surface area contributed by atoms with Gasteiger partial charge in [0.05, 0.1) is 11.2 Å². The van der Waals surface area contributed by atoms with Crippen LogP contribution in [0.25, 0.3) is 16.6 Å². The van der Waals surface area contributed by atoms with E-state index >= 15 is 0 Å². The van der Waals surface area contributed by atoms with Crippen LogP contribution in [-0.4, -0.2) is 15.6 Å². The number of hydroxylamine groups is 1. The van der Waals surface area contributed by atoms with Crippen LogP contribution in [-0.2, 0) is 6.42 Å². The molecule has 6 heteroatoms. The largest absolute Gasteiger partial charge is 0.315 e. The first kappa shape index (κ1) is 16.5. The number of hydrogen-bond acceptors (Lipinski definition) is 4. The summed E-state index contributed by atoms with van der Waals surface area (Å²) in [6.45, 7) is 0. The quantitative estimate of drug-likeness (QED) is 0.461. The van der Waals surface area contributed by atoms with Crippen LogP contribution in [0.4, 0.5) is 0 Å². The number of nitrogens with two attached hydrogens (primary N) is 1. The van der Waals surface area contributed by atoms with Crippen molar-refractivity contribution in [3.63, 3.8) is 0 Å². The Morgan fingerprint density at radius 1 is 1.20 bits per heavy atom. The van der Waals surface area contributed by atoms with E-state index in [1.807, 2.05) is 42.5 Å². The molecule has 0 aliphatic heterocycles. The maximum absolute atomic E-state index is 12.5. The van der Waals surface area contributed by atoms with Gasteiger partial charge in [0, 0.05) is 27.5 Å². The van der Waals surface area contributed by atoms with E-state index in [1.165, 1.54) is 0 Å². The summed E-state index contributed by atoms with van der Waals surface area (Å²) in [7, 11) is 0. The maximum Gasteiger partial charge on any atom is 0.165 e. The zero-order valence-corrected chi connectivity index (χ0v) is 15.1. The summed E-state index contributed by atoms with van der Waals surface area (Å²) >= 11 is 3.62. The molecular weight excluding hydrogens is 382 g/mol. The molecule has 0 radical (unpaired) electrons. The summed E-state index contributed by atoms with van der Waals surface area (Å²) < 4.78 is 3.02. The molecule has 5 nitrogen and oxygen atoms in total. The van der Waals surface area contributed by atoms with Crippen LogP contribution in [0.15, 0.2) is 46.9 Å². The minimum Gasteiger partial charge on any atom is -0.315 e. The minimum atomic E-state index is -0.651. The lowest BCUT2D eigenvalue weighted by Crippen LogP contribution is -2.25. The van der Waals surface area contributed by atoms with E-state index in [4.69, 9.17) is 10.9 Å². The number of halogens is 1. The SMILES string of the molecule is NC(NO)c1ccc(-n2c3c(c4ccccc42)C(=O)CCC3)c(Br)c1. The molecule has 0 amide bonds. The third-order valence-corrected chi connectivity index (χ3v) is 5.42. The second-order valence-electron chi connectivity index (χ2n) is 6.27. The molecule has 128 valence electrons. The Hall–Kier alpha value is -1.99. The summed E-state index contributed by atoms with van der Waals surface area (Å²) in [4.78, 5) is 12.5. The number of carbonyl (C=O) groups excluding carboxylic acids is 1. The lowest BCUT2D eigenvalue weighted by Gasteiger charge is -2.18. The predicted octanol–water partition coefficient (Wildman–Crippen LogP) is 3.85. The molecule has 4 N–H and O–H groups in total. The van der Waals surface area contributed by atoms with Crippen molar-refractivity contribution in [2.75, 3.05) is 0 Å². The molecule has 1 aliphatic rings. The van der Waals surface area contributed by atoms with Gasteiger partial charge in [-0.2, -0.15) is 5.48 Å². The highest BCUT2D eigenvalue weighted by molar-refractivity contribution is 9.10. The maximum atomic E-state index is 12.5. The first-order chi connectivity index (χ1) is 12.1. The second kappa shape index (κ2) is 6.38. The molecule has 1 atom stereocenters. The Balaban J connectivity index is 1.98. The Bertz CT molecular complexity index is 980. The number of ketones is 1. The Kier molecular flexibility index (Phi) is 4.21. The van der Waals surface area contributed by atoms with E-state index in [-0.39, 0.29) is 5.78 Å². The van der Waals surface area contributed by atoms with Gasteiger partial charge in [-0.05, 0) is 52.5 Å². The van der Waals surface area contributed by atoms with Gasteiger partial charge < -0.3 is 15.5 Å². The number of hydrogen-bond donors (Lipinski definition) is 3. The number of aromatic nitrogens is 1. The molecule has 2 aromatic carbocycles. The van der Waals surface area contributed by atoms with Gasteiger partial charge in [-0.1, -0.05) is 24.3 Å². The van der Waals surface area contributed by atoms with Crippen LogP contribution >= 0.6 is 15.9 Å². The second-order valence-corrected chi connectivity index (χ2v) is 7.12. The topological polar surface area (TPSA) is 80.3 Å². The number of benzene rings is 2. The number of nitrogens with one attached hydrogen (secondary N) is 1. The van der Waals surface area contributed by atoms with Gasteiger partial charge in [-0.3, -0.25) is 4.79 Å². The standard InChI is InChI=1S/C19H18BrN3O2/c20-13-10-11(19(21)22-25)8-9-15(13)23-14-5-2-1-4-12(14)18-16(23)6-3-7-17(18)24/h1-2,4-5,8-10,19,22,25H,3,6-7,21H2. The molecule has 1 heterocycles. The average Bonchev–Trinajstić information content (AvgIpc) is 2.96. The number of nitrogens with zero attached hydrogens (tertiary/aromatic N) is 1. The first-order valence-electron chi connectivity index (χ1n) is 8.22. The molecule has 0 bridgehead atoms. The molecule has 3 aromatic rings. The van der Waals surface area contributed by atoms with Gasteiger partial charge >= 0.3 is 0 Å². The highest BCUT2D eigenvalue weighted by Crippen LogP contribution is 2.36. The average molecular weight is 400 g/mol. The van der Waals surface area contributed by atoms with Gasteiger partial charge in [-0.15, -0.1) is 0 Å². The van der Waals surface area contributed by atoms with Crippen molar-refractivity contribution >= 4 is 32.6 Å². The molecule has 0 saturated carbocycles. The fourth-order valence-corrected chi connectivity index (χ4v) is 4.20. The van der Waals surface area contributed by atoms with Crippen molar-refractivity contribution < 1.29 is 10.0 Å². The first-order valence-corrected chi connectivity index (χ1v) is 9.01. The summed E-state index contributed by atoms with van der Waals surface area (Å²) in [5.74, 6) is 0.218. The van der Waals surface area contributed by atoms with E-state index in [2.05, 4.69) is 26.0 Å². The molecule has 0 spiro atoms. The molecule has 25 heavy (non-hydrogen) atoms. The lowest BCUT2D eigenvalue weighted by atomic mass is 9.94. The van der Waals surface area contributed by atoms with Crippen molar-refractivity contribution in [2.24, 2.45) is 5.73 Å². The van der Waals surface area contributed by atoms with Crippen LogP contribution in [0.1, 0.15) is 40.6 Å². The fraction of sp³-hybridized carbons (Fsp3) is 0.211. The highest BCUT2D eigenvalue weighted by atomic mass is 79.9. The Morgan fingerprint density at radius 2 is 2.00 bits per heavy atom. The summed E-state index contributed by atoms with van der Waals surface area (Å²) in [6, 6.07) is 13.7. The molecule has 4 rings (SSSR count). The summed E-state index contributed by atoms with van der Waals surface area (Å²) in [6.07, 6.45) is 1.71. The summed E-state index contributed by atoms with van der Waals surface area (Å²) in [5, 5.41) is 10.0. The molecule has 0 fully saturated rings. The number of fused-ring (bicyclic) bond motifs is 3. The van der Waals surface area contributed by atoms with Crippen LogP contribution in [0.2, 0.25) is 0 Å². The van der Waals surface area contributed by atoms with Gasteiger partial charge in [0.25, 0.3) is 0 Å². The molecule has 0 saturated heterocycles. The number of Topliss-reactive ketones (excluding diaryl/α,β-unsaturated/α-hetero) is 1. The van der Waals surface area contributed by atoms with Crippen molar-refractivity contribution in [1.29, 1.82) is 0 Å². The molecule has 1 aromatic heterocycles. The Labute approximate surface area is 153 Å². The zero-order valence-electron chi connectivity index (χ0n) is 13.5. The van der Waals surface area contributed by atoms with E-state index in [0.29, 0.717) is 6.42 Å².